The number of hydrogen-bond donors (Lipinski definition) is 3. The van der Waals surface area contributed by atoms with Gasteiger partial charge in [-0.1, -0.05) is 0 Å². The third-order valence-electron chi connectivity index (χ3n) is 9.41. The molecule has 0 bridgehead atoms. The smallest absolute Gasteiger partial charge is 0.284 e. The maximum Gasteiger partial charge on any atom is 0.284 e. The molecule has 346 valence electrons. The summed E-state index contributed by atoms with van der Waals surface area (Å²) in [5.74, 6) is -0.961. The van der Waals surface area contributed by atoms with Crippen molar-refractivity contribution in [3.05, 3.63) is 0 Å². The van der Waals surface area contributed by atoms with Gasteiger partial charge in [0, 0.05) is 41.4 Å². The minimum Gasteiger partial charge on any atom is -0.423 e. The van der Waals surface area contributed by atoms with Crippen LogP contribution >= 0.6 is 447 Å². The summed E-state index contributed by atoms with van der Waals surface area (Å²) >= 11 is 49.4. The van der Waals surface area contributed by atoms with Crippen LogP contribution in [0.1, 0.15) is 0 Å². The van der Waals surface area contributed by atoms with Gasteiger partial charge in [-0.25, -0.2) is 0 Å². The number of aliphatic hydroxyl groups is 3. The Morgan fingerprint density at radius 3 is 0.925 bits per heavy atom. The number of hydrogen-bond acceptors (Lipinski definition) is 8. The van der Waals surface area contributed by atoms with Gasteiger partial charge in [0.25, 0.3) is 9.19 Å². The fourth-order valence-corrected chi connectivity index (χ4v) is 30.6. The third-order valence-corrected chi connectivity index (χ3v) is 51.0. The van der Waals surface area contributed by atoms with Crippen LogP contribution in [0.15, 0.2) is 0 Å². The fourth-order valence-electron chi connectivity index (χ4n) is 5.98. The van der Waals surface area contributed by atoms with E-state index in [1.807, 2.05) is 14.3 Å². The summed E-state index contributed by atoms with van der Waals surface area (Å²) in [5, 5.41) is 30.7. The summed E-state index contributed by atoms with van der Waals surface area (Å²) in [6.07, 6.45) is 0. The lowest BCUT2D eigenvalue weighted by atomic mass is 8.82. The number of methoxy groups -OCH3 is 2. The molecule has 4 radical (unpaired) electrons. The average molecular weight is 3130 g/mol. The van der Waals surface area contributed by atoms with E-state index >= 15 is 0 Å². The molecule has 0 saturated heterocycles. The molecule has 0 aliphatic carbocycles. The van der Waals surface area contributed by atoms with Crippen molar-refractivity contribution in [3.8, 4) is 0 Å². The van der Waals surface area contributed by atoms with Crippen LogP contribution in [0.2, 0.25) is 0 Å². The third kappa shape index (κ3) is 29.0. The maximum absolute atomic E-state index is 13.9. The predicted molar refractivity (Wildman–Crippen MR) is 494 cm³/mol. The van der Waals surface area contributed by atoms with E-state index in [1.54, 1.807) is 14.2 Å². The Morgan fingerprint density at radius 1 is 0.403 bits per heavy atom. The zero-order valence-electron chi connectivity index (χ0n) is 34.6. The lowest BCUT2D eigenvalue weighted by Crippen LogP contribution is -2.71. The standard InChI is InChI=1S/C12H23B24I20N3O8/c1-66-5-3-57(10(63)7-60)33(21(43)17(37)13-15-19(39)40)29(51)25(47)23(45)27(49)31(53)35(55)59(12(65)9-62)36(56)32(54)28(50)24(46)26(48)30(52)34(22(44)18(38)14-16-20(41)42)58(4-6-67-2)11(64)8-61/h60-62H,3-9H2,1-2H3. The van der Waals surface area contributed by atoms with E-state index in [-0.39, 0.29) is 101 Å². The molecule has 11 nitrogen and oxygen atoms in total. The van der Waals surface area contributed by atoms with Crippen molar-refractivity contribution in [2.45, 2.75) is 0 Å². The number of amides is 3. The Hall–Kier alpha value is 14.4. The van der Waals surface area contributed by atoms with Crippen molar-refractivity contribution in [3.63, 3.8) is 0 Å². The Labute approximate surface area is 677 Å². The zero-order valence-corrected chi connectivity index (χ0v) is 77.7. The molecule has 3 amide bonds. The molecule has 67 heavy (non-hydrogen) atoms. The van der Waals surface area contributed by atoms with Crippen LogP contribution in [-0.2, 0) is 23.9 Å². The number of rotatable bonds is 35. The SMILES string of the molecule is COCCN(B(B(I)B(I)[B][B]B(I)I)B(I)B(I)B(I)B(I)B(I)B(I)N(B(I)B(I)B(I)B(I)B(I)B(I)B(B(I)B(I)[B][B]B(I)I)N(CCOC)C(=O)CO)C(=O)CO)C(=O)CO. The molecule has 0 atom stereocenters. The summed E-state index contributed by atoms with van der Waals surface area (Å²) in [7, 11) is 12.0. The Kier molecular flexibility index (Phi) is 55.4. The molecule has 0 fully saturated rings. The first-order chi connectivity index (χ1) is 31.2. The molecular weight excluding hydrogens is 3110 g/mol. The lowest BCUT2D eigenvalue weighted by Gasteiger charge is -2.38. The van der Waals surface area contributed by atoms with Gasteiger partial charge in [0.05, 0.1) is 27.3 Å². The van der Waals surface area contributed by atoms with E-state index in [2.05, 4.69) is 476 Å². The Bertz CT molecular complexity index is 1360. The number of halogens is 20. The van der Waals surface area contributed by atoms with Gasteiger partial charge < -0.3 is 39.1 Å². The molecule has 0 unspecified atom stereocenters. The minimum atomic E-state index is -0.603. The lowest BCUT2D eigenvalue weighted by molar-refractivity contribution is -0.130. The molecule has 0 spiro atoms. The van der Waals surface area contributed by atoms with Crippen LogP contribution < -0.4 is 0 Å². The molecule has 3 N–H and O–H groups in total. The minimum absolute atomic E-state index is 0.00684. The van der Waals surface area contributed by atoms with E-state index in [0.717, 1.165) is 0 Å². The van der Waals surface area contributed by atoms with E-state index in [9.17, 15) is 29.7 Å². The van der Waals surface area contributed by atoms with Crippen LogP contribution in [0.4, 0.5) is 0 Å². The normalized spacial score (nSPS) is 10.3. The average Bonchev–Trinajstić information content (AvgIpc) is 3.31. The fraction of sp³-hybridized carbons (Fsp3) is 0.750. The highest BCUT2D eigenvalue weighted by atomic mass is 127. The van der Waals surface area contributed by atoms with Crippen molar-refractivity contribution >= 4 is 581 Å². The van der Waals surface area contributed by atoms with Gasteiger partial charge in [0.1, 0.15) is 28.5 Å². The van der Waals surface area contributed by atoms with Crippen molar-refractivity contribution in [1.29, 1.82) is 0 Å². The molecular formula is C12H23B24I20N3O8. The maximum atomic E-state index is 13.9. The molecule has 0 aromatic carbocycles. The van der Waals surface area contributed by atoms with E-state index in [1.165, 1.54) is 0 Å². The molecule has 55 heteroatoms. The summed E-state index contributed by atoms with van der Waals surface area (Å²) < 4.78 is 13.7. The van der Waals surface area contributed by atoms with Gasteiger partial charge in [-0.2, -0.15) is 313 Å². The number of carbonyl (C=O) groups is 3. The van der Waals surface area contributed by atoms with Gasteiger partial charge in [0.15, 0.2) is 43.5 Å². The van der Waals surface area contributed by atoms with Gasteiger partial charge in [-0.3, -0.25) is 14.4 Å². The van der Waals surface area contributed by atoms with Crippen LogP contribution in [0.3, 0.4) is 0 Å². The van der Waals surface area contributed by atoms with Gasteiger partial charge in [-0.15, -0.1) is 134 Å². The second-order valence-corrected chi connectivity index (χ2v) is 46.6. The van der Waals surface area contributed by atoms with Crippen molar-refractivity contribution in [2.75, 3.05) is 60.3 Å². The van der Waals surface area contributed by atoms with Crippen LogP contribution in [0, 0.1) is 0 Å². The molecule has 0 saturated carbocycles. The molecule has 0 aliphatic rings. The van der Waals surface area contributed by atoms with Gasteiger partial charge >= 0.3 is 0 Å². The monoisotopic (exact) mass is 3140 g/mol. The molecule has 0 heterocycles. The number of ether oxygens (including phenoxy) is 2. The first kappa shape index (κ1) is 81.4. The molecule has 0 aromatic rings. The second kappa shape index (κ2) is 45.6. The summed E-state index contributed by atoms with van der Waals surface area (Å²) in [6.45, 7) is -0.744. The van der Waals surface area contributed by atoms with E-state index in [4.69, 9.17) is 9.47 Å². The quantitative estimate of drug-likeness (QED) is 0.0586. The highest BCUT2D eigenvalue weighted by Crippen LogP contribution is 2.33. The predicted octanol–water partition coefficient (Wildman–Crippen LogP) is 5.15. The number of aliphatic hydroxyl groups excluding tert-OH is 3. The summed E-state index contributed by atoms with van der Waals surface area (Å²) in [4.78, 5) is 44.4. The highest BCUT2D eigenvalue weighted by Gasteiger charge is 2.57. The van der Waals surface area contributed by atoms with Gasteiger partial charge in [-0.05, 0) is 0 Å². The van der Waals surface area contributed by atoms with Gasteiger partial charge in [0.2, 0.25) is 44.3 Å². The Balaban J connectivity index is 6.81. The zero-order chi connectivity index (χ0) is 52.2. The largest absolute Gasteiger partial charge is 0.423 e. The van der Waals surface area contributed by atoms with Crippen LogP contribution in [0.25, 0.3) is 0 Å². The van der Waals surface area contributed by atoms with Crippen molar-refractivity contribution < 1.29 is 39.2 Å². The summed E-state index contributed by atoms with van der Waals surface area (Å²) in [5.41, 5.74) is 0. The molecule has 0 aromatic heterocycles. The summed E-state index contributed by atoms with van der Waals surface area (Å²) in [6, 6.07) is 0. The van der Waals surface area contributed by atoms with Crippen LogP contribution in [-0.4, -0.2) is 224 Å². The molecule has 0 aliphatic heterocycles. The first-order valence-corrected chi connectivity index (χ1v) is 44.0. The molecule has 0 rings (SSSR count). The van der Waals surface area contributed by atoms with E-state index in [0.29, 0.717) is 30.9 Å². The van der Waals surface area contributed by atoms with Crippen molar-refractivity contribution in [2.24, 2.45) is 0 Å². The number of carbonyl (C=O) groups excluding carboxylic acids is 3. The topological polar surface area (TPSA) is 140 Å². The van der Waals surface area contributed by atoms with Crippen molar-refractivity contribution in [1.82, 2.24) is 14.3 Å². The van der Waals surface area contributed by atoms with Crippen LogP contribution in [0.5, 0.6) is 0 Å². The Morgan fingerprint density at radius 2 is 0.672 bits per heavy atom. The second-order valence-electron chi connectivity index (χ2n) is 13.8. The highest BCUT2D eigenvalue weighted by molar-refractivity contribution is 14.3. The van der Waals surface area contributed by atoms with E-state index < -0.39 is 19.8 Å². The first-order valence-electron chi connectivity index (χ1n) is 19.0. The number of nitrogens with zero attached hydrogens (tertiary/aromatic N) is 3.